The molecule has 1 aromatic heterocycles. The van der Waals surface area contributed by atoms with Crippen LogP contribution in [0, 0.1) is 11.8 Å². The maximum atomic E-state index is 12.2. The van der Waals surface area contributed by atoms with E-state index in [1.807, 2.05) is 0 Å². The van der Waals surface area contributed by atoms with E-state index >= 15 is 0 Å². The molecule has 1 aliphatic carbocycles. The number of carbonyl (C=O) groups is 1. The Morgan fingerprint density at radius 1 is 1.10 bits per heavy atom. The summed E-state index contributed by atoms with van der Waals surface area (Å²) in [5.41, 5.74) is 0. The number of ether oxygens (including phenoxy) is 3. The molecule has 160 valence electrons. The van der Waals surface area contributed by atoms with Gasteiger partial charge in [-0.2, -0.15) is 4.98 Å². The summed E-state index contributed by atoms with van der Waals surface area (Å²) in [5.74, 6) is 2.43. The van der Waals surface area contributed by atoms with E-state index in [0.29, 0.717) is 30.9 Å². The Balaban J connectivity index is 1.36. The number of nitrogens with zero attached hydrogens (tertiary/aromatic N) is 3. The highest BCUT2D eigenvalue weighted by Crippen LogP contribution is 2.31. The predicted molar refractivity (Wildman–Crippen MR) is 109 cm³/mol. The van der Waals surface area contributed by atoms with Gasteiger partial charge in [0.1, 0.15) is 0 Å². The van der Waals surface area contributed by atoms with Gasteiger partial charge in [0.2, 0.25) is 5.88 Å². The van der Waals surface area contributed by atoms with E-state index < -0.39 is 6.09 Å². The molecule has 3 aliphatic rings. The van der Waals surface area contributed by atoms with Crippen LogP contribution in [0.5, 0.6) is 11.8 Å². The van der Waals surface area contributed by atoms with Crippen LogP contribution >= 0.6 is 0 Å². The van der Waals surface area contributed by atoms with Gasteiger partial charge < -0.3 is 24.4 Å². The molecule has 0 radical (unpaired) electrons. The van der Waals surface area contributed by atoms with Crippen LogP contribution in [-0.2, 0) is 4.74 Å². The SMILES string of the molecule is O=C(NCC1CCOCC1)Oc1cnc(N2CCCC2)c(OCC2CCCC2)n1. The minimum Gasteiger partial charge on any atom is -0.475 e. The molecule has 3 fully saturated rings. The topological polar surface area (TPSA) is 85.8 Å². The van der Waals surface area contributed by atoms with Crippen LogP contribution in [0.3, 0.4) is 0 Å². The van der Waals surface area contributed by atoms with Crippen molar-refractivity contribution in [2.24, 2.45) is 11.8 Å². The maximum Gasteiger partial charge on any atom is 0.414 e. The summed E-state index contributed by atoms with van der Waals surface area (Å²) in [5, 5.41) is 2.83. The fourth-order valence-electron chi connectivity index (χ4n) is 4.33. The molecule has 8 heteroatoms. The quantitative estimate of drug-likeness (QED) is 0.747. The summed E-state index contributed by atoms with van der Waals surface area (Å²) in [6.07, 6.45) is 10.2. The maximum absolute atomic E-state index is 12.2. The van der Waals surface area contributed by atoms with Crippen molar-refractivity contribution in [1.29, 1.82) is 0 Å². The number of hydrogen-bond donors (Lipinski definition) is 1. The van der Waals surface area contributed by atoms with E-state index in [1.54, 1.807) is 0 Å². The molecule has 1 N–H and O–H groups in total. The molecule has 2 aliphatic heterocycles. The molecular formula is C21H32N4O4. The van der Waals surface area contributed by atoms with Crippen LogP contribution in [0.25, 0.3) is 0 Å². The average molecular weight is 405 g/mol. The van der Waals surface area contributed by atoms with Crippen LogP contribution in [-0.4, -0.2) is 55.5 Å². The molecule has 0 unspecified atom stereocenters. The third-order valence-corrected chi connectivity index (χ3v) is 6.11. The lowest BCUT2D eigenvalue weighted by atomic mass is 10.0. The van der Waals surface area contributed by atoms with Crippen LogP contribution in [0.4, 0.5) is 10.6 Å². The van der Waals surface area contributed by atoms with Gasteiger partial charge in [0.25, 0.3) is 5.88 Å². The minimum atomic E-state index is -0.499. The van der Waals surface area contributed by atoms with Gasteiger partial charge in [-0.3, -0.25) is 0 Å². The van der Waals surface area contributed by atoms with Gasteiger partial charge in [0.15, 0.2) is 5.82 Å². The van der Waals surface area contributed by atoms with Gasteiger partial charge in [0.05, 0.1) is 12.8 Å². The van der Waals surface area contributed by atoms with Gasteiger partial charge >= 0.3 is 6.09 Å². The Bertz CT molecular complexity index is 669. The summed E-state index contributed by atoms with van der Waals surface area (Å²) in [6, 6.07) is 0. The van der Waals surface area contributed by atoms with Crippen molar-refractivity contribution in [2.75, 3.05) is 44.4 Å². The number of carbonyl (C=O) groups excluding carboxylic acids is 1. The predicted octanol–water partition coefficient (Wildman–Crippen LogP) is 3.16. The molecule has 0 spiro atoms. The summed E-state index contributed by atoms with van der Waals surface area (Å²) in [7, 11) is 0. The molecule has 0 bridgehead atoms. The second-order valence-corrected chi connectivity index (χ2v) is 8.32. The molecule has 1 aromatic rings. The first kappa shape index (κ1) is 20.2. The van der Waals surface area contributed by atoms with Crippen LogP contribution < -0.4 is 19.7 Å². The average Bonchev–Trinajstić information content (AvgIpc) is 3.46. The lowest BCUT2D eigenvalue weighted by molar-refractivity contribution is 0.0662. The van der Waals surface area contributed by atoms with Crippen molar-refractivity contribution in [3.05, 3.63) is 6.20 Å². The molecule has 1 saturated carbocycles. The molecular weight excluding hydrogens is 372 g/mol. The number of amides is 1. The highest BCUT2D eigenvalue weighted by molar-refractivity contribution is 5.69. The zero-order valence-corrected chi connectivity index (χ0v) is 17.1. The number of hydrogen-bond acceptors (Lipinski definition) is 7. The van der Waals surface area contributed by atoms with Crippen molar-refractivity contribution in [3.8, 4) is 11.8 Å². The number of nitrogens with one attached hydrogen (secondary N) is 1. The minimum absolute atomic E-state index is 0.179. The van der Waals surface area contributed by atoms with E-state index in [9.17, 15) is 4.79 Å². The van der Waals surface area contributed by atoms with E-state index in [4.69, 9.17) is 14.2 Å². The Morgan fingerprint density at radius 3 is 2.62 bits per heavy atom. The molecule has 4 rings (SSSR count). The zero-order chi connectivity index (χ0) is 19.9. The first-order chi connectivity index (χ1) is 14.3. The van der Waals surface area contributed by atoms with Crippen LogP contribution in [0.2, 0.25) is 0 Å². The second kappa shape index (κ2) is 10.1. The van der Waals surface area contributed by atoms with Gasteiger partial charge in [-0.05, 0) is 50.4 Å². The van der Waals surface area contributed by atoms with E-state index in [-0.39, 0.29) is 5.88 Å². The third-order valence-electron chi connectivity index (χ3n) is 6.11. The van der Waals surface area contributed by atoms with Crippen molar-refractivity contribution in [3.63, 3.8) is 0 Å². The van der Waals surface area contributed by atoms with Crippen molar-refractivity contribution in [1.82, 2.24) is 15.3 Å². The monoisotopic (exact) mass is 404 g/mol. The third kappa shape index (κ3) is 5.72. The molecule has 0 atom stereocenters. The number of rotatable bonds is 7. The smallest absolute Gasteiger partial charge is 0.414 e. The highest BCUT2D eigenvalue weighted by atomic mass is 16.6. The Hall–Kier alpha value is -2.09. The van der Waals surface area contributed by atoms with E-state index in [0.717, 1.165) is 57.8 Å². The molecule has 2 saturated heterocycles. The highest BCUT2D eigenvalue weighted by Gasteiger charge is 2.23. The Labute approximate surface area is 172 Å². The second-order valence-electron chi connectivity index (χ2n) is 8.32. The first-order valence-corrected chi connectivity index (χ1v) is 11.1. The zero-order valence-electron chi connectivity index (χ0n) is 17.1. The normalized spacial score (nSPS) is 20.8. The summed E-state index contributed by atoms with van der Waals surface area (Å²) >= 11 is 0. The van der Waals surface area contributed by atoms with E-state index in [1.165, 1.54) is 31.9 Å². The lowest BCUT2D eigenvalue weighted by Gasteiger charge is -2.22. The molecule has 8 nitrogen and oxygen atoms in total. The van der Waals surface area contributed by atoms with Crippen LogP contribution in [0.15, 0.2) is 6.20 Å². The summed E-state index contributed by atoms with van der Waals surface area (Å²) in [4.78, 5) is 23.4. The van der Waals surface area contributed by atoms with Crippen molar-refractivity contribution < 1.29 is 19.0 Å². The number of aromatic nitrogens is 2. The van der Waals surface area contributed by atoms with Gasteiger partial charge in [-0.1, -0.05) is 12.8 Å². The van der Waals surface area contributed by atoms with E-state index in [2.05, 4.69) is 20.2 Å². The van der Waals surface area contributed by atoms with Crippen molar-refractivity contribution in [2.45, 2.75) is 51.4 Å². The lowest BCUT2D eigenvalue weighted by Crippen LogP contribution is -2.34. The standard InChI is InChI=1S/C21H32N4O4/c26-21(23-13-16-7-11-27-12-8-16)29-18-14-22-19(25-9-3-4-10-25)20(24-18)28-15-17-5-1-2-6-17/h14,16-17H,1-13,15H2,(H,23,26). The van der Waals surface area contributed by atoms with Gasteiger partial charge in [-0.25, -0.2) is 9.78 Å². The molecule has 0 aromatic carbocycles. The largest absolute Gasteiger partial charge is 0.475 e. The summed E-state index contributed by atoms with van der Waals surface area (Å²) < 4.78 is 16.8. The van der Waals surface area contributed by atoms with Gasteiger partial charge in [-0.15, -0.1) is 0 Å². The molecule has 1 amide bonds. The van der Waals surface area contributed by atoms with Gasteiger partial charge in [0, 0.05) is 32.8 Å². The molecule has 3 heterocycles. The van der Waals surface area contributed by atoms with Crippen LogP contribution in [0.1, 0.15) is 51.4 Å². The Kier molecular flexibility index (Phi) is 7.03. The summed E-state index contributed by atoms with van der Waals surface area (Å²) in [6.45, 7) is 4.67. The fraction of sp³-hybridized carbons (Fsp3) is 0.762. The molecule has 29 heavy (non-hydrogen) atoms. The first-order valence-electron chi connectivity index (χ1n) is 11.1. The fourth-order valence-corrected chi connectivity index (χ4v) is 4.33. The Morgan fingerprint density at radius 2 is 1.86 bits per heavy atom. The van der Waals surface area contributed by atoms with Crippen molar-refractivity contribution >= 4 is 11.9 Å². The number of anilines is 1.